The number of ether oxygens (including phenoxy) is 1. The van der Waals surface area contributed by atoms with Gasteiger partial charge in [0.2, 0.25) is 0 Å². The van der Waals surface area contributed by atoms with Crippen LogP contribution < -0.4 is 4.74 Å². The number of fused-ring (bicyclic) bond motifs is 1. The molecule has 0 unspecified atom stereocenters. The molecule has 1 fully saturated rings. The zero-order valence-electron chi connectivity index (χ0n) is 18.2. The van der Waals surface area contributed by atoms with Crippen molar-refractivity contribution in [3.05, 3.63) is 86.8 Å². The van der Waals surface area contributed by atoms with E-state index in [1.165, 1.54) is 17.0 Å². The third-order valence-electron chi connectivity index (χ3n) is 5.58. The number of hydrogen-bond donors (Lipinski definition) is 0. The van der Waals surface area contributed by atoms with Crippen LogP contribution in [0.5, 0.6) is 5.75 Å². The van der Waals surface area contributed by atoms with Crippen molar-refractivity contribution in [2.75, 3.05) is 0 Å². The van der Waals surface area contributed by atoms with E-state index < -0.39 is 4.92 Å². The molecule has 0 aliphatic carbocycles. The van der Waals surface area contributed by atoms with E-state index in [0.717, 1.165) is 22.5 Å². The highest BCUT2D eigenvalue weighted by atomic mass is 32.2. The van der Waals surface area contributed by atoms with Crippen LogP contribution in [0, 0.1) is 10.1 Å². The molecule has 1 aliphatic heterocycles. The Balaban J connectivity index is 1.71. The summed E-state index contributed by atoms with van der Waals surface area (Å²) in [4.78, 5) is 37.7. The molecule has 4 rings (SSSR count). The Morgan fingerprint density at radius 1 is 1.12 bits per heavy atom. The number of nitro benzene ring substituents is 1. The zero-order chi connectivity index (χ0) is 23.5. The molecule has 1 saturated heterocycles. The summed E-state index contributed by atoms with van der Waals surface area (Å²) in [7, 11) is 0. The molecule has 3 aromatic carbocycles. The molecule has 8 heteroatoms. The van der Waals surface area contributed by atoms with Crippen molar-refractivity contribution in [1.82, 2.24) is 4.90 Å². The highest BCUT2D eigenvalue weighted by molar-refractivity contribution is 8.18. The van der Waals surface area contributed by atoms with Crippen molar-refractivity contribution in [3.8, 4) is 5.75 Å². The Morgan fingerprint density at radius 2 is 1.91 bits per heavy atom. The monoisotopic (exact) mass is 462 g/mol. The molecule has 0 aromatic heterocycles. The summed E-state index contributed by atoms with van der Waals surface area (Å²) in [5.74, 6) is 0.215. The van der Waals surface area contributed by atoms with Crippen LogP contribution in [0.15, 0.2) is 65.6 Å². The number of carbonyl (C=O) groups is 2. The first-order valence-electron chi connectivity index (χ1n) is 10.5. The second-order valence-electron chi connectivity index (χ2n) is 7.72. The van der Waals surface area contributed by atoms with Crippen molar-refractivity contribution in [1.29, 1.82) is 0 Å². The van der Waals surface area contributed by atoms with Crippen molar-refractivity contribution in [2.45, 2.75) is 32.9 Å². The quantitative estimate of drug-likeness (QED) is 0.237. The maximum atomic E-state index is 13.0. The maximum absolute atomic E-state index is 13.0. The second kappa shape index (κ2) is 9.46. The number of benzene rings is 3. The molecule has 1 atom stereocenters. The summed E-state index contributed by atoms with van der Waals surface area (Å²) in [5.41, 5.74) is 1.34. The lowest BCUT2D eigenvalue weighted by Crippen LogP contribution is -2.36. The SMILES string of the molecule is CC[C@@H](C)N1C(=O)S/C(=C/c2c(OCc3cccc([N+](=O)[O-])c3)ccc3ccccc23)C1=O. The largest absolute Gasteiger partial charge is 0.488 e. The van der Waals surface area contributed by atoms with Gasteiger partial charge in [0.05, 0.1) is 9.83 Å². The van der Waals surface area contributed by atoms with Crippen molar-refractivity contribution < 1.29 is 19.2 Å². The first-order valence-corrected chi connectivity index (χ1v) is 11.4. The van der Waals surface area contributed by atoms with E-state index in [1.807, 2.05) is 50.2 Å². The lowest BCUT2D eigenvalue weighted by Gasteiger charge is -2.19. The fraction of sp³-hybridized carbons (Fsp3) is 0.200. The molecule has 0 radical (unpaired) electrons. The molecule has 2 amide bonds. The number of hydrogen-bond acceptors (Lipinski definition) is 6. The van der Waals surface area contributed by atoms with Gasteiger partial charge >= 0.3 is 0 Å². The predicted molar refractivity (Wildman–Crippen MR) is 129 cm³/mol. The van der Waals surface area contributed by atoms with E-state index in [2.05, 4.69) is 0 Å². The van der Waals surface area contributed by atoms with Crippen molar-refractivity contribution in [3.63, 3.8) is 0 Å². The predicted octanol–water partition coefficient (Wildman–Crippen LogP) is 6.16. The Labute approximate surface area is 195 Å². The maximum Gasteiger partial charge on any atom is 0.293 e. The number of non-ortho nitro benzene ring substituents is 1. The van der Waals surface area contributed by atoms with Gasteiger partial charge in [-0.25, -0.2) is 0 Å². The molecule has 7 nitrogen and oxygen atoms in total. The molecular weight excluding hydrogens is 440 g/mol. The van der Waals surface area contributed by atoms with E-state index in [4.69, 9.17) is 4.74 Å². The molecule has 1 aliphatic rings. The number of nitrogens with zero attached hydrogens (tertiary/aromatic N) is 2. The number of imide groups is 1. The lowest BCUT2D eigenvalue weighted by molar-refractivity contribution is -0.384. The van der Waals surface area contributed by atoms with Gasteiger partial charge in [-0.2, -0.15) is 0 Å². The van der Waals surface area contributed by atoms with Crippen molar-refractivity contribution in [2.24, 2.45) is 0 Å². The standard InChI is InChI=1S/C25H22N2O5S/c1-3-16(2)26-24(28)23(33-25(26)29)14-21-20-10-5-4-8-18(20)11-12-22(21)32-15-17-7-6-9-19(13-17)27(30)31/h4-14,16H,3,15H2,1-2H3/b23-14+/t16-/m1/s1. The molecule has 0 bridgehead atoms. The normalized spacial score (nSPS) is 15.9. The Morgan fingerprint density at radius 3 is 2.67 bits per heavy atom. The van der Waals surface area contributed by atoms with Gasteiger partial charge in [-0.1, -0.05) is 49.4 Å². The minimum Gasteiger partial charge on any atom is -0.488 e. The number of nitro groups is 1. The molecule has 0 spiro atoms. The molecule has 3 aromatic rings. The first-order chi connectivity index (χ1) is 15.9. The van der Waals surface area contributed by atoms with Gasteiger partial charge in [0.15, 0.2) is 0 Å². The number of carbonyl (C=O) groups excluding carboxylic acids is 2. The molecule has 33 heavy (non-hydrogen) atoms. The molecule has 0 saturated carbocycles. The van der Waals surface area contributed by atoms with Gasteiger partial charge in [0, 0.05) is 23.7 Å². The average Bonchev–Trinajstić information content (AvgIpc) is 3.10. The highest BCUT2D eigenvalue weighted by Crippen LogP contribution is 2.38. The summed E-state index contributed by atoms with van der Waals surface area (Å²) in [5, 5.41) is 12.6. The van der Waals surface area contributed by atoms with Crippen LogP contribution in [0.4, 0.5) is 10.5 Å². The van der Waals surface area contributed by atoms with E-state index in [1.54, 1.807) is 18.2 Å². The Hall–Kier alpha value is -3.65. The van der Waals surface area contributed by atoms with Gasteiger partial charge in [0.25, 0.3) is 16.8 Å². The van der Waals surface area contributed by atoms with Gasteiger partial charge < -0.3 is 4.74 Å². The Kier molecular flexibility index (Phi) is 6.46. The van der Waals surface area contributed by atoms with Gasteiger partial charge in [-0.05, 0) is 53.6 Å². The zero-order valence-corrected chi connectivity index (χ0v) is 19.0. The minimum atomic E-state index is -0.446. The van der Waals surface area contributed by atoms with Crippen LogP contribution in [0.3, 0.4) is 0 Å². The number of rotatable bonds is 7. The van der Waals surface area contributed by atoms with Crippen LogP contribution in [0.1, 0.15) is 31.4 Å². The van der Waals surface area contributed by atoms with Crippen LogP contribution in [-0.2, 0) is 11.4 Å². The summed E-state index contributed by atoms with van der Waals surface area (Å²) in [6.45, 7) is 3.90. The minimum absolute atomic E-state index is 0.00597. The van der Waals surface area contributed by atoms with E-state index in [0.29, 0.717) is 28.2 Å². The van der Waals surface area contributed by atoms with E-state index in [-0.39, 0.29) is 29.5 Å². The molecule has 0 N–H and O–H groups in total. The van der Waals surface area contributed by atoms with E-state index in [9.17, 15) is 19.7 Å². The van der Waals surface area contributed by atoms with Gasteiger partial charge in [-0.3, -0.25) is 24.6 Å². The van der Waals surface area contributed by atoms with Crippen molar-refractivity contribution >= 4 is 45.4 Å². The number of amides is 2. The highest BCUT2D eigenvalue weighted by Gasteiger charge is 2.37. The summed E-state index contributed by atoms with van der Waals surface area (Å²) >= 11 is 0.925. The van der Waals surface area contributed by atoms with Crippen LogP contribution in [0.25, 0.3) is 16.8 Å². The average molecular weight is 463 g/mol. The third kappa shape index (κ3) is 4.61. The first kappa shape index (κ1) is 22.5. The van der Waals surface area contributed by atoms with Crippen LogP contribution in [0.2, 0.25) is 0 Å². The number of thioether (sulfide) groups is 1. The smallest absolute Gasteiger partial charge is 0.293 e. The fourth-order valence-corrected chi connectivity index (χ4v) is 4.56. The summed E-state index contributed by atoms with van der Waals surface area (Å²) < 4.78 is 6.05. The fourth-order valence-electron chi connectivity index (χ4n) is 3.64. The van der Waals surface area contributed by atoms with Gasteiger partial charge in [-0.15, -0.1) is 0 Å². The van der Waals surface area contributed by atoms with Crippen LogP contribution in [-0.4, -0.2) is 27.0 Å². The topological polar surface area (TPSA) is 89.8 Å². The summed E-state index contributed by atoms with van der Waals surface area (Å²) in [6, 6.07) is 17.5. The third-order valence-corrected chi connectivity index (χ3v) is 6.46. The second-order valence-corrected chi connectivity index (χ2v) is 8.72. The lowest BCUT2D eigenvalue weighted by atomic mass is 10.0. The molecule has 168 valence electrons. The molecular formula is C25H22N2O5S. The Bertz CT molecular complexity index is 1290. The van der Waals surface area contributed by atoms with Gasteiger partial charge in [0.1, 0.15) is 12.4 Å². The van der Waals surface area contributed by atoms with Crippen LogP contribution >= 0.6 is 11.8 Å². The van der Waals surface area contributed by atoms with E-state index >= 15 is 0 Å². The molecule has 1 heterocycles. The summed E-state index contributed by atoms with van der Waals surface area (Å²) in [6.07, 6.45) is 2.38.